The molecular formula is C23H26N4O. The van der Waals surface area contributed by atoms with Crippen LogP contribution in [0.25, 0.3) is 0 Å². The molecule has 5 heteroatoms. The summed E-state index contributed by atoms with van der Waals surface area (Å²) in [5.41, 5.74) is 7.48. The molecule has 1 aliphatic heterocycles. The van der Waals surface area contributed by atoms with Gasteiger partial charge in [-0.05, 0) is 61.9 Å². The first-order chi connectivity index (χ1) is 13.1. The molecule has 144 valence electrons. The number of pyridine rings is 1. The number of nitrogens with zero attached hydrogens (tertiary/aromatic N) is 4. The second-order valence-electron chi connectivity index (χ2n) is 8.60. The zero-order valence-corrected chi connectivity index (χ0v) is 17.6. The molecule has 0 saturated heterocycles. The minimum atomic E-state index is 0.0878. The molecule has 0 spiro atoms. The van der Waals surface area contributed by atoms with Gasteiger partial charge in [0.2, 0.25) is 11.7 Å². The molecule has 0 amide bonds. The molecule has 1 aliphatic rings. The number of aryl methyl sites for hydroxylation is 4. The van der Waals surface area contributed by atoms with Crippen LogP contribution >= 0.6 is 0 Å². The topological polar surface area (TPSA) is 51.1 Å². The zero-order chi connectivity index (χ0) is 20.2. The van der Waals surface area contributed by atoms with Crippen LogP contribution in [0.2, 0.25) is 0 Å². The van der Waals surface area contributed by atoms with Crippen molar-refractivity contribution in [3.63, 3.8) is 0 Å². The fourth-order valence-corrected chi connectivity index (χ4v) is 3.65. The second kappa shape index (κ2) is 6.30. The molecule has 0 bridgehead atoms. The van der Waals surface area contributed by atoms with Crippen molar-refractivity contribution >= 4 is 17.2 Å². The van der Waals surface area contributed by atoms with Crippen molar-refractivity contribution in [1.29, 1.82) is 0 Å². The fourth-order valence-electron chi connectivity index (χ4n) is 3.65. The minimum Gasteiger partial charge on any atom is -0.433 e. The van der Waals surface area contributed by atoms with Gasteiger partial charge in [-0.15, -0.1) is 5.10 Å². The van der Waals surface area contributed by atoms with Crippen LogP contribution in [-0.2, 0) is 5.41 Å². The summed E-state index contributed by atoms with van der Waals surface area (Å²) in [6.07, 6.45) is 0. The van der Waals surface area contributed by atoms with E-state index < -0.39 is 0 Å². The summed E-state index contributed by atoms with van der Waals surface area (Å²) >= 11 is 0. The van der Waals surface area contributed by atoms with Crippen molar-refractivity contribution in [2.24, 2.45) is 0 Å². The van der Waals surface area contributed by atoms with Gasteiger partial charge in [-0.3, -0.25) is 4.90 Å². The van der Waals surface area contributed by atoms with Gasteiger partial charge in [0.1, 0.15) is 5.69 Å². The number of ether oxygens (including phenoxy) is 1. The quantitative estimate of drug-likeness (QED) is 0.410. The first-order valence-corrected chi connectivity index (χ1v) is 9.57. The van der Waals surface area contributed by atoms with E-state index in [1.165, 1.54) is 16.7 Å². The molecule has 4 rings (SSSR count). The van der Waals surface area contributed by atoms with E-state index in [1.54, 1.807) is 0 Å². The van der Waals surface area contributed by atoms with Crippen molar-refractivity contribution < 1.29 is 4.74 Å². The number of aromatic nitrogens is 3. The van der Waals surface area contributed by atoms with Gasteiger partial charge in [-0.2, -0.15) is 5.10 Å². The van der Waals surface area contributed by atoms with Gasteiger partial charge in [-0.25, -0.2) is 4.98 Å². The summed E-state index contributed by atoms with van der Waals surface area (Å²) in [4.78, 5) is 6.75. The summed E-state index contributed by atoms with van der Waals surface area (Å²) < 4.78 is 6.09. The zero-order valence-electron chi connectivity index (χ0n) is 17.6. The van der Waals surface area contributed by atoms with Gasteiger partial charge in [0.25, 0.3) is 0 Å². The van der Waals surface area contributed by atoms with Crippen LogP contribution in [0.15, 0.2) is 30.3 Å². The third-order valence-electron chi connectivity index (χ3n) is 5.08. The number of hydrogen-bond donors (Lipinski definition) is 0. The molecule has 0 radical (unpaired) electrons. The summed E-state index contributed by atoms with van der Waals surface area (Å²) in [5.74, 6) is 1.97. The van der Waals surface area contributed by atoms with Crippen LogP contribution in [0.5, 0.6) is 11.6 Å². The largest absolute Gasteiger partial charge is 0.433 e. The highest BCUT2D eigenvalue weighted by molar-refractivity contribution is 5.85. The van der Waals surface area contributed by atoms with Gasteiger partial charge in [-0.1, -0.05) is 32.9 Å². The van der Waals surface area contributed by atoms with Crippen molar-refractivity contribution in [3.05, 3.63) is 58.4 Å². The lowest BCUT2D eigenvalue weighted by Crippen LogP contribution is -2.21. The van der Waals surface area contributed by atoms with E-state index in [0.717, 1.165) is 22.8 Å². The van der Waals surface area contributed by atoms with Crippen LogP contribution in [0.1, 0.15) is 48.8 Å². The Labute approximate surface area is 166 Å². The highest BCUT2D eigenvalue weighted by atomic mass is 16.5. The van der Waals surface area contributed by atoms with E-state index in [4.69, 9.17) is 4.74 Å². The Kier molecular flexibility index (Phi) is 4.14. The van der Waals surface area contributed by atoms with Crippen molar-refractivity contribution in [3.8, 4) is 11.6 Å². The first kappa shape index (κ1) is 18.4. The van der Waals surface area contributed by atoms with Crippen LogP contribution in [-0.4, -0.2) is 15.2 Å². The van der Waals surface area contributed by atoms with Gasteiger partial charge in [0, 0.05) is 11.8 Å². The fraction of sp³-hybridized carbons (Fsp3) is 0.348. The molecular weight excluding hydrogens is 348 g/mol. The SMILES string of the molecule is Cc1cc2c(nn1)N(c1c(C)cc(C(C)(C)C)cc1C)c1ccc(C)nc1O2. The lowest BCUT2D eigenvalue weighted by Gasteiger charge is -2.33. The van der Waals surface area contributed by atoms with E-state index in [2.05, 4.69) is 66.8 Å². The Hall–Kier alpha value is -2.95. The molecule has 5 nitrogen and oxygen atoms in total. The molecule has 0 atom stereocenters. The minimum absolute atomic E-state index is 0.0878. The maximum atomic E-state index is 6.09. The third-order valence-corrected chi connectivity index (χ3v) is 5.08. The molecule has 0 N–H and O–H groups in total. The Morgan fingerprint density at radius 3 is 2.18 bits per heavy atom. The summed E-state index contributed by atoms with van der Waals surface area (Å²) in [5, 5.41) is 8.76. The summed E-state index contributed by atoms with van der Waals surface area (Å²) in [7, 11) is 0. The molecule has 0 unspecified atom stereocenters. The number of hydrogen-bond acceptors (Lipinski definition) is 5. The lowest BCUT2D eigenvalue weighted by atomic mass is 9.84. The monoisotopic (exact) mass is 374 g/mol. The van der Waals surface area contributed by atoms with E-state index in [1.807, 2.05) is 32.0 Å². The molecule has 3 aromatic rings. The standard InChI is InChI=1S/C23H26N4O/c1-13-10-17(23(5,6)7)11-14(2)20(13)27-18-9-8-15(3)24-22(18)28-19-12-16(4)25-26-21(19)27/h8-12H,1-7H3. The number of rotatable bonds is 1. The van der Waals surface area contributed by atoms with Crippen molar-refractivity contribution in [2.45, 2.75) is 53.9 Å². The molecule has 0 fully saturated rings. The Balaban J connectivity index is 1.98. The Morgan fingerprint density at radius 1 is 0.857 bits per heavy atom. The molecule has 28 heavy (non-hydrogen) atoms. The normalized spacial score (nSPS) is 13.0. The molecule has 3 heterocycles. The van der Waals surface area contributed by atoms with Crippen molar-refractivity contribution in [1.82, 2.24) is 15.2 Å². The molecule has 1 aromatic carbocycles. The van der Waals surface area contributed by atoms with E-state index >= 15 is 0 Å². The van der Waals surface area contributed by atoms with Gasteiger partial charge in [0.05, 0.1) is 11.4 Å². The predicted molar refractivity (Wildman–Crippen MR) is 112 cm³/mol. The average Bonchev–Trinajstić information content (AvgIpc) is 2.59. The number of benzene rings is 1. The van der Waals surface area contributed by atoms with Crippen LogP contribution < -0.4 is 9.64 Å². The summed E-state index contributed by atoms with van der Waals surface area (Å²) in [6, 6.07) is 10.5. The molecule has 2 aromatic heterocycles. The van der Waals surface area contributed by atoms with E-state index in [9.17, 15) is 0 Å². The predicted octanol–water partition coefficient (Wildman–Crippen LogP) is 5.98. The highest BCUT2D eigenvalue weighted by Gasteiger charge is 2.31. The Bertz CT molecular complexity index is 1010. The number of anilines is 3. The second-order valence-corrected chi connectivity index (χ2v) is 8.60. The Morgan fingerprint density at radius 2 is 1.54 bits per heavy atom. The molecule has 0 saturated carbocycles. The van der Waals surface area contributed by atoms with Crippen LogP contribution in [0.3, 0.4) is 0 Å². The van der Waals surface area contributed by atoms with Gasteiger partial charge < -0.3 is 4.74 Å². The smallest absolute Gasteiger partial charge is 0.244 e. The third kappa shape index (κ3) is 3.01. The number of fused-ring (bicyclic) bond motifs is 2. The van der Waals surface area contributed by atoms with Crippen LogP contribution in [0, 0.1) is 27.7 Å². The van der Waals surface area contributed by atoms with Crippen LogP contribution in [0.4, 0.5) is 17.2 Å². The maximum absolute atomic E-state index is 6.09. The van der Waals surface area contributed by atoms with Gasteiger partial charge in [0.15, 0.2) is 5.75 Å². The maximum Gasteiger partial charge on any atom is 0.244 e. The van der Waals surface area contributed by atoms with E-state index in [-0.39, 0.29) is 5.41 Å². The highest BCUT2D eigenvalue weighted by Crippen LogP contribution is 2.50. The van der Waals surface area contributed by atoms with Gasteiger partial charge >= 0.3 is 0 Å². The first-order valence-electron chi connectivity index (χ1n) is 9.57. The molecule has 0 aliphatic carbocycles. The van der Waals surface area contributed by atoms with Crippen molar-refractivity contribution in [2.75, 3.05) is 4.90 Å². The van der Waals surface area contributed by atoms with E-state index in [0.29, 0.717) is 17.4 Å². The lowest BCUT2D eigenvalue weighted by molar-refractivity contribution is 0.451. The summed E-state index contributed by atoms with van der Waals surface area (Å²) in [6.45, 7) is 14.9. The average molecular weight is 374 g/mol.